The van der Waals surface area contributed by atoms with E-state index in [4.69, 9.17) is 9.84 Å². The largest absolute Gasteiger partial charge is 0.481 e. The highest BCUT2D eigenvalue weighted by Gasteiger charge is 2.32. The Morgan fingerprint density at radius 2 is 2.30 bits per heavy atom. The molecule has 1 aromatic heterocycles. The van der Waals surface area contributed by atoms with Gasteiger partial charge in [-0.3, -0.25) is 9.59 Å². The van der Waals surface area contributed by atoms with Crippen LogP contribution >= 0.6 is 11.3 Å². The maximum Gasteiger partial charge on any atom is 0.308 e. The zero-order chi connectivity index (χ0) is 14.1. The molecule has 0 bridgehead atoms. The van der Waals surface area contributed by atoms with E-state index >= 15 is 0 Å². The fourth-order valence-corrected chi connectivity index (χ4v) is 3.58. The van der Waals surface area contributed by atoms with Crippen molar-refractivity contribution in [3.8, 4) is 0 Å². The van der Waals surface area contributed by atoms with E-state index in [1.54, 1.807) is 11.1 Å². The molecule has 0 radical (unpaired) electrons. The van der Waals surface area contributed by atoms with Gasteiger partial charge in [-0.2, -0.15) is 0 Å². The van der Waals surface area contributed by atoms with Gasteiger partial charge in [-0.15, -0.1) is 11.3 Å². The molecule has 6 nitrogen and oxygen atoms in total. The summed E-state index contributed by atoms with van der Waals surface area (Å²) in [7, 11) is 0. The van der Waals surface area contributed by atoms with Crippen LogP contribution in [0.1, 0.15) is 40.0 Å². The lowest BCUT2D eigenvalue weighted by atomic mass is 10.1. The van der Waals surface area contributed by atoms with Crippen molar-refractivity contribution in [3.05, 3.63) is 16.1 Å². The van der Waals surface area contributed by atoms with Crippen molar-refractivity contribution in [2.75, 3.05) is 19.7 Å². The predicted octanol–water partition coefficient (Wildman–Crippen LogP) is 1.54. The smallest absolute Gasteiger partial charge is 0.308 e. The molecule has 108 valence electrons. The third kappa shape index (κ3) is 2.55. The van der Waals surface area contributed by atoms with Crippen LogP contribution in [0.4, 0.5) is 0 Å². The number of amides is 1. The quantitative estimate of drug-likeness (QED) is 0.915. The minimum atomic E-state index is -0.829. The molecule has 0 aromatic carbocycles. The van der Waals surface area contributed by atoms with Crippen LogP contribution in [0.25, 0.3) is 0 Å². The van der Waals surface area contributed by atoms with Gasteiger partial charge >= 0.3 is 5.97 Å². The number of rotatable bonds is 3. The van der Waals surface area contributed by atoms with Gasteiger partial charge in [-0.05, 0) is 19.3 Å². The number of ether oxygens (including phenoxy) is 1. The van der Waals surface area contributed by atoms with Gasteiger partial charge in [0.15, 0.2) is 0 Å². The van der Waals surface area contributed by atoms with Crippen LogP contribution in [0.5, 0.6) is 0 Å². The standard InChI is InChI=1S/C13H16N2O4S/c16-12(15-4-3-8(7-15)13(17)18)10-6-14-11(20-10)9-2-1-5-19-9/h6,8-9H,1-5,7H2,(H,17,18). The number of nitrogens with zero attached hydrogens (tertiary/aromatic N) is 2. The van der Waals surface area contributed by atoms with Gasteiger partial charge in [0.2, 0.25) is 0 Å². The number of carboxylic acids is 1. The molecule has 2 fully saturated rings. The van der Waals surface area contributed by atoms with Crippen LogP contribution in [0, 0.1) is 5.92 Å². The molecule has 1 N–H and O–H groups in total. The van der Waals surface area contributed by atoms with Crippen LogP contribution in [0.15, 0.2) is 6.20 Å². The second-order valence-corrected chi connectivity index (χ2v) is 6.20. The molecular weight excluding hydrogens is 280 g/mol. The van der Waals surface area contributed by atoms with Crippen molar-refractivity contribution in [1.82, 2.24) is 9.88 Å². The molecule has 0 aliphatic carbocycles. The predicted molar refractivity (Wildman–Crippen MR) is 71.7 cm³/mol. The van der Waals surface area contributed by atoms with E-state index in [1.807, 2.05) is 0 Å². The first kappa shape index (κ1) is 13.5. The number of carbonyl (C=O) groups excluding carboxylic acids is 1. The number of likely N-dealkylation sites (tertiary alicyclic amines) is 1. The molecule has 2 aliphatic heterocycles. The van der Waals surface area contributed by atoms with Crippen molar-refractivity contribution in [1.29, 1.82) is 0 Å². The summed E-state index contributed by atoms with van der Waals surface area (Å²) in [6.45, 7) is 1.55. The first-order valence-corrected chi connectivity index (χ1v) is 7.56. The Kier molecular flexibility index (Phi) is 3.71. The Hall–Kier alpha value is -1.47. The molecule has 2 unspecified atom stereocenters. The minimum Gasteiger partial charge on any atom is -0.481 e. The van der Waals surface area contributed by atoms with Gasteiger partial charge in [0.05, 0.1) is 12.1 Å². The van der Waals surface area contributed by atoms with E-state index in [1.165, 1.54) is 11.3 Å². The highest BCUT2D eigenvalue weighted by atomic mass is 32.1. The van der Waals surface area contributed by atoms with Crippen LogP contribution < -0.4 is 0 Å². The molecule has 0 saturated carbocycles. The number of aliphatic carboxylic acids is 1. The summed E-state index contributed by atoms with van der Waals surface area (Å²) in [6.07, 6.45) is 4.11. The minimum absolute atomic E-state index is 0.0203. The summed E-state index contributed by atoms with van der Waals surface area (Å²) >= 11 is 1.36. The molecule has 3 rings (SSSR count). The van der Waals surface area contributed by atoms with Gasteiger partial charge in [-0.1, -0.05) is 0 Å². The third-order valence-electron chi connectivity index (χ3n) is 3.76. The van der Waals surface area contributed by atoms with Crippen LogP contribution in [-0.4, -0.2) is 46.6 Å². The average Bonchev–Trinajstić information content (AvgIpc) is 3.17. The fraction of sp³-hybridized carbons (Fsp3) is 0.615. The van der Waals surface area contributed by atoms with Gasteiger partial charge in [0, 0.05) is 19.7 Å². The summed E-state index contributed by atoms with van der Waals surface area (Å²) in [5, 5.41) is 9.81. The van der Waals surface area contributed by atoms with Crippen molar-refractivity contribution < 1.29 is 19.4 Å². The van der Waals surface area contributed by atoms with Gasteiger partial charge in [0.1, 0.15) is 16.0 Å². The molecule has 0 spiro atoms. The maximum absolute atomic E-state index is 12.3. The average molecular weight is 296 g/mol. The van der Waals surface area contributed by atoms with Crippen LogP contribution in [0.3, 0.4) is 0 Å². The van der Waals surface area contributed by atoms with Crippen molar-refractivity contribution in [3.63, 3.8) is 0 Å². The number of carbonyl (C=O) groups is 2. The normalized spacial score (nSPS) is 26.1. The Morgan fingerprint density at radius 1 is 1.45 bits per heavy atom. The van der Waals surface area contributed by atoms with E-state index in [0.717, 1.165) is 24.5 Å². The molecule has 7 heteroatoms. The Labute approximate surface area is 120 Å². The van der Waals surface area contributed by atoms with E-state index in [2.05, 4.69) is 4.98 Å². The highest BCUT2D eigenvalue weighted by Crippen LogP contribution is 2.32. The first-order valence-electron chi connectivity index (χ1n) is 6.74. The summed E-state index contributed by atoms with van der Waals surface area (Å²) in [5.41, 5.74) is 0. The second kappa shape index (κ2) is 5.49. The lowest BCUT2D eigenvalue weighted by molar-refractivity contribution is -0.141. The maximum atomic E-state index is 12.3. The Morgan fingerprint density at radius 3 is 2.95 bits per heavy atom. The van der Waals surface area contributed by atoms with E-state index in [9.17, 15) is 9.59 Å². The molecule has 20 heavy (non-hydrogen) atoms. The lowest BCUT2D eigenvalue weighted by Gasteiger charge is -2.14. The summed E-state index contributed by atoms with van der Waals surface area (Å²) in [5.74, 6) is -1.38. The number of hydrogen-bond acceptors (Lipinski definition) is 5. The fourth-order valence-electron chi connectivity index (χ4n) is 2.61. The zero-order valence-corrected chi connectivity index (χ0v) is 11.8. The van der Waals surface area contributed by atoms with Crippen LogP contribution in [-0.2, 0) is 9.53 Å². The van der Waals surface area contributed by atoms with E-state index in [0.29, 0.717) is 24.4 Å². The summed E-state index contributed by atoms with van der Waals surface area (Å²) in [4.78, 5) is 29.7. The summed E-state index contributed by atoms with van der Waals surface area (Å²) < 4.78 is 5.55. The van der Waals surface area contributed by atoms with Crippen LogP contribution in [0.2, 0.25) is 0 Å². The number of aromatic nitrogens is 1. The Bertz CT molecular complexity index is 524. The van der Waals surface area contributed by atoms with Gasteiger partial charge in [0.25, 0.3) is 5.91 Å². The topological polar surface area (TPSA) is 79.7 Å². The molecule has 1 aromatic rings. The van der Waals surface area contributed by atoms with E-state index in [-0.39, 0.29) is 12.0 Å². The third-order valence-corrected chi connectivity index (χ3v) is 4.84. The van der Waals surface area contributed by atoms with E-state index < -0.39 is 11.9 Å². The molecular formula is C13H16N2O4S. The van der Waals surface area contributed by atoms with Gasteiger partial charge in [-0.25, -0.2) is 4.98 Å². The first-order chi connectivity index (χ1) is 9.65. The highest BCUT2D eigenvalue weighted by molar-refractivity contribution is 7.13. The summed E-state index contributed by atoms with van der Waals surface area (Å²) in [6, 6.07) is 0. The van der Waals surface area contributed by atoms with Gasteiger partial charge < -0.3 is 14.7 Å². The molecule has 2 saturated heterocycles. The molecule has 1 amide bonds. The second-order valence-electron chi connectivity index (χ2n) is 5.14. The SMILES string of the molecule is O=C(O)C1CCN(C(=O)c2cnc(C3CCCO3)s2)C1. The molecule has 3 heterocycles. The Balaban J connectivity index is 1.67. The number of hydrogen-bond donors (Lipinski definition) is 1. The monoisotopic (exact) mass is 296 g/mol. The van der Waals surface area contributed by atoms with Crippen molar-refractivity contribution in [2.24, 2.45) is 5.92 Å². The number of thiazole rings is 1. The number of carboxylic acid groups (broad SMARTS) is 1. The molecule has 2 aliphatic rings. The lowest BCUT2D eigenvalue weighted by Crippen LogP contribution is -2.29. The zero-order valence-electron chi connectivity index (χ0n) is 10.9. The van der Waals surface area contributed by atoms with Crippen molar-refractivity contribution in [2.45, 2.75) is 25.4 Å². The molecule has 2 atom stereocenters. The van der Waals surface area contributed by atoms with Crippen molar-refractivity contribution >= 4 is 23.2 Å².